The molecule has 148 valence electrons. The van der Waals surface area contributed by atoms with E-state index in [9.17, 15) is 15.8 Å². The van der Waals surface area contributed by atoms with Gasteiger partial charge in [0.2, 0.25) is 5.41 Å². The minimum Gasteiger partial charge on any atom is -0.399 e. The molecule has 1 aromatic carbocycles. The van der Waals surface area contributed by atoms with Gasteiger partial charge in [-0.15, -0.1) is 0 Å². The standard InChI is InChI=1S/C25H28N4/c1-5-16-6-8-17(9-7-16)22-19-12-18(24(2,3)4)10-11-21(19)25(14-27,15-28)23(29)20(22)13-26/h6-9,11,18-19,22H,5,10,12,29H2,1-4H3/t18-,19-,22-/m1/s1. The first-order chi connectivity index (χ1) is 13.7. The zero-order chi connectivity index (χ0) is 21.4. The Morgan fingerprint density at radius 3 is 2.21 bits per heavy atom. The van der Waals surface area contributed by atoms with E-state index in [1.54, 1.807) is 0 Å². The molecule has 0 radical (unpaired) electrons. The molecule has 0 fully saturated rings. The number of hydrogen-bond acceptors (Lipinski definition) is 4. The predicted molar refractivity (Wildman–Crippen MR) is 113 cm³/mol. The molecule has 4 nitrogen and oxygen atoms in total. The van der Waals surface area contributed by atoms with Gasteiger partial charge in [-0.2, -0.15) is 15.8 Å². The number of benzene rings is 1. The maximum Gasteiger partial charge on any atom is 0.204 e. The highest BCUT2D eigenvalue weighted by atomic mass is 14.7. The molecular weight excluding hydrogens is 356 g/mol. The summed E-state index contributed by atoms with van der Waals surface area (Å²) in [7, 11) is 0. The molecule has 0 spiro atoms. The molecule has 2 N–H and O–H groups in total. The fraction of sp³-hybridized carbons (Fsp3) is 0.480. The van der Waals surface area contributed by atoms with Crippen LogP contribution in [0.25, 0.3) is 0 Å². The molecule has 1 aromatic rings. The van der Waals surface area contributed by atoms with Gasteiger partial charge in [-0.3, -0.25) is 0 Å². The molecule has 0 aliphatic heterocycles. The molecule has 2 aliphatic carbocycles. The third-order valence-corrected chi connectivity index (χ3v) is 6.83. The zero-order valence-electron chi connectivity index (χ0n) is 17.7. The van der Waals surface area contributed by atoms with Gasteiger partial charge in [-0.05, 0) is 53.2 Å². The molecule has 0 heterocycles. The summed E-state index contributed by atoms with van der Waals surface area (Å²) in [6, 6.07) is 14.9. The van der Waals surface area contributed by atoms with Crippen LogP contribution in [-0.2, 0) is 6.42 Å². The number of nitrogens with two attached hydrogens (primary N) is 1. The molecular formula is C25H28N4. The fourth-order valence-corrected chi connectivity index (χ4v) is 4.89. The van der Waals surface area contributed by atoms with Crippen LogP contribution in [0, 0.1) is 56.7 Å². The highest BCUT2D eigenvalue weighted by Crippen LogP contribution is 2.57. The van der Waals surface area contributed by atoms with Crippen LogP contribution >= 0.6 is 0 Å². The van der Waals surface area contributed by atoms with E-state index in [-0.39, 0.29) is 22.9 Å². The van der Waals surface area contributed by atoms with E-state index >= 15 is 0 Å². The average Bonchev–Trinajstić information content (AvgIpc) is 2.72. The summed E-state index contributed by atoms with van der Waals surface area (Å²) in [6.07, 6.45) is 4.65. The maximum absolute atomic E-state index is 10.0. The summed E-state index contributed by atoms with van der Waals surface area (Å²) in [6.45, 7) is 8.78. The zero-order valence-corrected chi connectivity index (χ0v) is 17.7. The van der Waals surface area contributed by atoms with Gasteiger partial charge in [-0.1, -0.05) is 58.0 Å². The van der Waals surface area contributed by atoms with E-state index in [1.165, 1.54) is 5.56 Å². The fourth-order valence-electron chi connectivity index (χ4n) is 4.89. The SMILES string of the molecule is CCc1ccc([C@H]2C(C#N)=C(N)C(C#N)(C#N)C3=CC[C@@H](C(C)(C)C)C[C@H]32)cc1. The van der Waals surface area contributed by atoms with Gasteiger partial charge in [0.25, 0.3) is 0 Å². The number of fused-ring (bicyclic) bond motifs is 1. The van der Waals surface area contributed by atoms with Crippen molar-refractivity contribution in [3.05, 3.63) is 58.3 Å². The lowest BCUT2D eigenvalue weighted by atomic mass is 9.55. The van der Waals surface area contributed by atoms with E-state index < -0.39 is 5.41 Å². The number of allylic oxidation sites excluding steroid dienone is 3. The van der Waals surface area contributed by atoms with Gasteiger partial charge < -0.3 is 5.73 Å². The summed E-state index contributed by atoms with van der Waals surface area (Å²) >= 11 is 0. The number of rotatable bonds is 2. The van der Waals surface area contributed by atoms with Crippen molar-refractivity contribution >= 4 is 0 Å². The van der Waals surface area contributed by atoms with Crippen LogP contribution in [0.3, 0.4) is 0 Å². The predicted octanol–water partition coefficient (Wildman–Crippen LogP) is 5.11. The highest BCUT2D eigenvalue weighted by Gasteiger charge is 2.53. The molecule has 4 heteroatoms. The molecule has 3 atom stereocenters. The van der Waals surface area contributed by atoms with Gasteiger partial charge in [0.15, 0.2) is 0 Å². The van der Waals surface area contributed by atoms with Gasteiger partial charge in [0, 0.05) is 5.92 Å². The van der Waals surface area contributed by atoms with Crippen LogP contribution in [0.1, 0.15) is 57.6 Å². The Balaban J connectivity index is 2.25. The van der Waals surface area contributed by atoms with Crippen molar-refractivity contribution in [2.75, 3.05) is 0 Å². The Morgan fingerprint density at radius 2 is 1.72 bits per heavy atom. The lowest BCUT2D eigenvalue weighted by molar-refractivity contribution is 0.180. The van der Waals surface area contributed by atoms with E-state index in [4.69, 9.17) is 5.73 Å². The first kappa shape index (κ1) is 20.7. The molecule has 0 bridgehead atoms. The van der Waals surface area contributed by atoms with Crippen molar-refractivity contribution in [1.82, 2.24) is 0 Å². The minimum atomic E-state index is -1.54. The van der Waals surface area contributed by atoms with E-state index in [1.807, 2.05) is 0 Å². The summed E-state index contributed by atoms with van der Waals surface area (Å²) in [4.78, 5) is 0. The third-order valence-electron chi connectivity index (χ3n) is 6.83. The topological polar surface area (TPSA) is 97.4 Å². The summed E-state index contributed by atoms with van der Waals surface area (Å²) in [5, 5.41) is 30.0. The molecule has 2 aliphatic rings. The Hall–Kier alpha value is -3.03. The van der Waals surface area contributed by atoms with Gasteiger partial charge in [0.05, 0.1) is 29.5 Å². The van der Waals surface area contributed by atoms with Crippen LogP contribution in [0.2, 0.25) is 0 Å². The number of hydrogen-bond donors (Lipinski definition) is 1. The number of aryl methyl sites for hydroxylation is 1. The average molecular weight is 385 g/mol. The second-order valence-electron chi connectivity index (χ2n) is 9.29. The first-order valence-electron chi connectivity index (χ1n) is 10.3. The summed E-state index contributed by atoms with van der Waals surface area (Å²) in [5.74, 6) is 0.0989. The van der Waals surface area contributed by atoms with E-state index in [0.717, 1.165) is 30.4 Å². The van der Waals surface area contributed by atoms with Crippen molar-refractivity contribution in [3.8, 4) is 18.2 Å². The summed E-state index contributed by atoms with van der Waals surface area (Å²) < 4.78 is 0. The van der Waals surface area contributed by atoms with Crippen molar-refractivity contribution < 1.29 is 0 Å². The van der Waals surface area contributed by atoms with Crippen molar-refractivity contribution in [1.29, 1.82) is 15.8 Å². The normalized spacial score (nSPS) is 25.8. The Labute approximate surface area is 173 Å². The molecule has 0 amide bonds. The van der Waals surface area contributed by atoms with Crippen molar-refractivity contribution in [2.24, 2.45) is 28.4 Å². The Bertz CT molecular complexity index is 970. The molecule has 0 unspecified atom stereocenters. The Morgan fingerprint density at radius 1 is 1.10 bits per heavy atom. The highest BCUT2D eigenvalue weighted by molar-refractivity contribution is 5.58. The lowest BCUT2D eigenvalue weighted by Gasteiger charge is -2.46. The van der Waals surface area contributed by atoms with Crippen LogP contribution in [0.15, 0.2) is 47.2 Å². The van der Waals surface area contributed by atoms with Gasteiger partial charge in [0.1, 0.15) is 0 Å². The molecule has 3 rings (SSSR count). The van der Waals surface area contributed by atoms with Crippen molar-refractivity contribution in [3.63, 3.8) is 0 Å². The van der Waals surface area contributed by atoms with Crippen LogP contribution < -0.4 is 5.73 Å². The van der Waals surface area contributed by atoms with Crippen LogP contribution in [0.5, 0.6) is 0 Å². The van der Waals surface area contributed by atoms with Crippen LogP contribution in [0.4, 0.5) is 0 Å². The van der Waals surface area contributed by atoms with Gasteiger partial charge >= 0.3 is 0 Å². The van der Waals surface area contributed by atoms with E-state index in [2.05, 4.69) is 76.2 Å². The lowest BCUT2D eigenvalue weighted by Crippen LogP contribution is -2.43. The van der Waals surface area contributed by atoms with Gasteiger partial charge in [-0.25, -0.2) is 0 Å². The van der Waals surface area contributed by atoms with E-state index in [0.29, 0.717) is 11.5 Å². The molecule has 0 saturated carbocycles. The second-order valence-corrected chi connectivity index (χ2v) is 9.29. The summed E-state index contributed by atoms with van der Waals surface area (Å²) in [5.41, 5.74) is 8.44. The quantitative estimate of drug-likeness (QED) is 0.716. The molecule has 0 aromatic heterocycles. The molecule has 0 saturated heterocycles. The third kappa shape index (κ3) is 3.22. The minimum absolute atomic E-state index is 0.0818. The van der Waals surface area contributed by atoms with Crippen molar-refractivity contribution in [2.45, 2.75) is 52.9 Å². The Kier molecular flexibility index (Phi) is 5.30. The smallest absolute Gasteiger partial charge is 0.204 e. The largest absolute Gasteiger partial charge is 0.399 e. The van der Waals surface area contributed by atoms with Crippen LogP contribution in [-0.4, -0.2) is 0 Å². The number of nitriles is 3. The second kappa shape index (κ2) is 7.42. The first-order valence-corrected chi connectivity index (χ1v) is 10.3. The number of nitrogens with zero attached hydrogens (tertiary/aromatic N) is 3. The maximum atomic E-state index is 10.0. The molecule has 29 heavy (non-hydrogen) atoms. The monoisotopic (exact) mass is 384 g/mol.